The van der Waals surface area contributed by atoms with Crippen molar-refractivity contribution in [1.82, 2.24) is 0 Å². The number of hydrogen-bond acceptors (Lipinski definition) is 1. The van der Waals surface area contributed by atoms with Gasteiger partial charge in [0.25, 0.3) is 0 Å². The van der Waals surface area contributed by atoms with Crippen LogP contribution in [0.25, 0.3) is 0 Å². The normalized spacial score (nSPS) is 20.4. The van der Waals surface area contributed by atoms with Crippen LogP contribution in [-0.2, 0) is 11.2 Å². The molecule has 0 aliphatic carbocycles. The Kier molecular flexibility index (Phi) is 11.0. The highest BCUT2D eigenvalue weighted by Crippen LogP contribution is 2.33. The van der Waals surface area contributed by atoms with Crippen molar-refractivity contribution in [3.8, 4) is 0 Å². The van der Waals surface area contributed by atoms with E-state index in [1.165, 1.54) is 101 Å². The van der Waals surface area contributed by atoms with Crippen molar-refractivity contribution in [2.45, 2.75) is 110 Å². The molecule has 0 aromatic heterocycles. The number of hydrogen-bond donors (Lipinski definition) is 0. The first-order valence-corrected chi connectivity index (χ1v) is 11.5. The van der Waals surface area contributed by atoms with E-state index in [1.807, 2.05) is 0 Å². The summed E-state index contributed by atoms with van der Waals surface area (Å²) < 4.78 is 6.22. The molecule has 2 unspecified atom stereocenters. The number of rotatable bonds is 13. The van der Waals surface area contributed by atoms with E-state index >= 15 is 0 Å². The van der Waals surface area contributed by atoms with Crippen molar-refractivity contribution < 1.29 is 4.74 Å². The lowest BCUT2D eigenvalue weighted by Crippen LogP contribution is -2.20. The molecule has 0 spiro atoms. The fraction of sp³-hybridized carbons (Fsp3) is 0.760. The SMILES string of the molecule is CCCCCCCc1ccc(C2CCC(CCCCCCC)CO2)cc1. The molecular weight excluding hydrogens is 316 g/mol. The summed E-state index contributed by atoms with van der Waals surface area (Å²) in [6.45, 7) is 5.54. The molecular formula is C25H42O. The predicted molar refractivity (Wildman–Crippen MR) is 114 cm³/mol. The van der Waals surface area contributed by atoms with Crippen molar-refractivity contribution in [3.05, 3.63) is 35.4 Å². The van der Waals surface area contributed by atoms with Crippen molar-refractivity contribution in [2.24, 2.45) is 5.92 Å². The van der Waals surface area contributed by atoms with Crippen LogP contribution < -0.4 is 0 Å². The summed E-state index contributed by atoms with van der Waals surface area (Å²) in [6.07, 6.45) is 19.3. The molecule has 0 amide bonds. The Morgan fingerprint density at radius 2 is 1.42 bits per heavy atom. The number of ether oxygens (including phenoxy) is 1. The number of benzene rings is 1. The van der Waals surface area contributed by atoms with E-state index in [9.17, 15) is 0 Å². The highest BCUT2D eigenvalue weighted by molar-refractivity contribution is 5.24. The van der Waals surface area contributed by atoms with Crippen LogP contribution in [0.3, 0.4) is 0 Å². The van der Waals surface area contributed by atoms with Crippen LogP contribution in [0.4, 0.5) is 0 Å². The third-order valence-electron chi connectivity index (χ3n) is 6.01. The van der Waals surface area contributed by atoms with Gasteiger partial charge >= 0.3 is 0 Å². The van der Waals surface area contributed by atoms with Crippen LogP contribution in [0.1, 0.15) is 115 Å². The van der Waals surface area contributed by atoms with Gasteiger partial charge in [-0.3, -0.25) is 0 Å². The number of unbranched alkanes of at least 4 members (excludes halogenated alkanes) is 8. The summed E-state index contributed by atoms with van der Waals surface area (Å²) in [7, 11) is 0. The second-order valence-corrected chi connectivity index (χ2v) is 8.37. The molecule has 1 saturated heterocycles. The zero-order chi connectivity index (χ0) is 18.5. The molecule has 2 rings (SSSR count). The average Bonchev–Trinajstić information content (AvgIpc) is 2.69. The zero-order valence-electron chi connectivity index (χ0n) is 17.5. The minimum atomic E-state index is 0.338. The minimum absolute atomic E-state index is 0.338. The first-order valence-electron chi connectivity index (χ1n) is 11.5. The van der Waals surface area contributed by atoms with Gasteiger partial charge < -0.3 is 4.74 Å². The average molecular weight is 359 g/mol. The predicted octanol–water partition coefficient (Wildman–Crippen LogP) is 8.03. The van der Waals surface area contributed by atoms with Gasteiger partial charge in [0.2, 0.25) is 0 Å². The Morgan fingerprint density at radius 1 is 0.769 bits per heavy atom. The Hall–Kier alpha value is -0.820. The molecule has 26 heavy (non-hydrogen) atoms. The summed E-state index contributed by atoms with van der Waals surface area (Å²) in [5.41, 5.74) is 2.88. The summed E-state index contributed by atoms with van der Waals surface area (Å²) in [4.78, 5) is 0. The Labute approximate surface area is 162 Å². The Morgan fingerprint density at radius 3 is 2.04 bits per heavy atom. The molecule has 1 aliphatic heterocycles. The van der Waals surface area contributed by atoms with Gasteiger partial charge in [-0.2, -0.15) is 0 Å². The zero-order valence-corrected chi connectivity index (χ0v) is 17.5. The Bertz CT molecular complexity index is 442. The second-order valence-electron chi connectivity index (χ2n) is 8.37. The molecule has 1 fully saturated rings. The summed E-state index contributed by atoms with van der Waals surface area (Å²) in [5.74, 6) is 0.801. The lowest BCUT2D eigenvalue weighted by Gasteiger charge is -2.29. The monoisotopic (exact) mass is 358 g/mol. The molecule has 1 aliphatic rings. The maximum Gasteiger partial charge on any atom is 0.0825 e. The van der Waals surface area contributed by atoms with Crippen LogP contribution in [0.2, 0.25) is 0 Å². The van der Waals surface area contributed by atoms with Crippen molar-refractivity contribution in [1.29, 1.82) is 0 Å². The van der Waals surface area contributed by atoms with Gasteiger partial charge in [-0.25, -0.2) is 0 Å². The first-order chi connectivity index (χ1) is 12.8. The molecule has 0 saturated carbocycles. The molecule has 0 N–H and O–H groups in total. The highest BCUT2D eigenvalue weighted by Gasteiger charge is 2.22. The van der Waals surface area contributed by atoms with E-state index in [2.05, 4.69) is 38.1 Å². The van der Waals surface area contributed by atoms with Gasteiger partial charge in [0.05, 0.1) is 12.7 Å². The van der Waals surface area contributed by atoms with Crippen molar-refractivity contribution >= 4 is 0 Å². The maximum absolute atomic E-state index is 6.22. The summed E-state index contributed by atoms with van der Waals surface area (Å²) >= 11 is 0. The lowest BCUT2D eigenvalue weighted by atomic mass is 9.90. The molecule has 1 heteroatoms. The van der Waals surface area contributed by atoms with E-state index in [0.717, 1.165) is 12.5 Å². The van der Waals surface area contributed by atoms with Crippen molar-refractivity contribution in [3.63, 3.8) is 0 Å². The largest absolute Gasteiger partial charge is 0.373 e. The third kappa shape index (κ3) is 8.25. The third-order valence-corrected chi connectivity index (χ3v) is 6.01. The van der Waals surface area contributed by atoms with Crippen LogP contribution in [0.15, 0.2) is 24.3 Å². The van der Waals surface area contributed by atoms with Crippen LogP contribution in [-0.4, -0.2) is 6.61 Å². The molecule has 148 valence electrons. The van der Waals surface area contributed by atoms with Gasteiger partial charge in [-0.05, 0) is 49.1 Å². The molecule has 1 aromatic rings. The molecule has 1 aromatic carbocycles. The van der Waals surface area contributed by atoms with Gasteiger partial charge in [0.1, 0.15) is 0 Å². The van der Waals surface area contributed by atoms with E-state index in [0.29, 0.717) is 6.10 Å². The van der Waals surface area contributed by atoms with E-state index in [4.69, 9.17) is 4.74 Å². The minimum Gasteiger partial charge on any atom is -0.373 e. The van der Waals surface area contributed by atoms with Gasteiger partial charge in [-0.15, -0.1) is 0 Å². The summed E-state index contributed by atoms with van der Waals surface area (Å²) in [6, 6.07) is 9.30. The molecule has 1 nitrogen and oxygen atoms in total. The van der Waals surface area contributed by atoms with E-state index in [1.54, 1.807) is 0 Å². The topological polar surface area (TPSA) is 9.23 Å². The quantitative estimate of drug-likeness (QED) is 0.324. The lowest BCUT2D eigenvalue weighted by molar-refractivity contribution is -0.0199. The second kappa shape index (κ2) is 13.4. The molecule has 0 bridgehead atoms. The van der Waals surface area contributed by atoms with Gasteiger partial charge in [0.15, 0.2) is 0 Å². The van der Waals surface area contributed by atoms with Crippen LogP contribution in [0.5, 0.6) is 0 Å². The fourth-order valence-electron chi connectivity index (χ4n) is 4.16. The van der Waals surface area contributed by atoms with Gasteiger partial charge in [0, 0.05) is 0 Å². The van der Waals surface area contributed by atoms with Gasteiger partial charge in [-0.1, -0.05) is 95.9 Å². The van der Waals surface area contributed by atoms with Crippen LogP contribution >= 0.6 is 0 Å². The molecule has 1 heterocycles. The number of aryl methyl sites for hydroxylation is 1. The summed E-state index contributed by atoms with van der Waals surface area (Å²) in [5, 5.41) is 0. The van der Waals surface area contributed by atoms with E-state index in [-0.39, 0.29) is 0 Å². The standard InChI is InChI=1S/C25H42O/c1-3-5-7-9-11-13-22-15-18-24(19-16-22)25-20-17-23(21-26-25)14-12-10-8-6-4-2/h15-16,18-19,23,25H,3-14,17,20-21H2,1-2H3. The highest BCUT2D eigenvalue weighted by atomic mass is 16.5. The smallest absolute Gasteiger partial charge is 0.0825 e. The maximum atomic E-state index is 6.22. The fourth-order valence-corrected chi connectivity index (χ4v) is 4.16. The van der Waals surface area contributed by atoms with Crippen molar-refractivity contribution in [2.75, 3.05) is 6.61 Å². The Balaban J connectivity index is 1.62. The van der Waals surface area contributed by atoms with E-state index < -0.39 is 0 Å². The molecule has 2 atom stereocenters. The molecule has 0 radical (unpaired) electrons. The first kappa shape index (κ1) is 21.5. The van der Waals surface area contributed by atoms with Crippen LogP contribution in [0, 0.1) is 5.92 Å².